The zero-order chi connectivity index (χ0) is 50.2. The number of hydrogen-bond acceptors (Lipinski definition) is 3. The Bertz CT molecular complexity index is 4450. The highest BCUT2D eigenvalue weighted by atomic mass is 32.1. The van der Waals surface area contributed by atoms with Crippen LogP contribution >= 0.6 is 11.3 Å². The molecule has 0 unspecified atom stereocenters. The Morgan fingerprint density at radius 3 is 1.54 bits per heavy atom. The van der Waals surface area contributed by atoms with Crippen LogP contribution in [0.15, 0.2) is 290 Å². The molecule has 0 amide bonds. The summed E-state index contributed by atoms with van der Waals surface area (Å²) in [7, 11) is 0. The van der Waals surface area contributed by atoms with E-state index in [0.29, 0.717) is 0 Å². The minimum Gasteiger partial charge on any atom is -0.456 e. The van der Waals surface area contributed by atoms with Gasteiger partial charge in [0.25, 0.3) is 0 Å². The zero-order valence-electron chi connectivity index (χ0n) is 41.4. The quantitative estimate of drug-likeness (QED) is 0.143. The van der Waals surface area contributed by atoms with E-state index in [1.807, 2.05) is 23.5 Å². The van der Waals surface area contributed by atoms with Gasteiger partial charge in [-0.05, 0) is 133 Å². The van der Waals surface area contributed by atoms with Crippen molar-refractivity contribution in [1.82, 2.24) is 0 Å². The fourth-order valence-corrected chi connectivity index (χ4v) is 13.5. The van der Waals surface area contributed by atoms with Crippen LogP contribution in [0.1, 0.15) is 22.3 Å². The van der Waals surface area contributed by atoms with E-state index in [0.717, 1.165) is 50.1 Å². The fraction of sp³-hybridized carbons (Fsp3) is 0.0137. The Kier molecular flexibility index (Phi) is 10.3. The molecule has 0 atom stereocenters. The predicted octanol–water partition coefficient (Wildman–Crippen LogP) is 20.5. The molecule has 0 spiro atoms. The number of hydrogen-bond donors (Lipinski definition) is 0. The first-order chi connectivity index (χ1) is 37.7. The van der Waals surface area contributed by atoms with Crippen LogP contribution in [-0.4, -0.2) is 0 Å². The second kappa shape index (κ2) is 17.8. The number of fused-ring (bicyclic) bond motifs is 9. The molecule has 2 heterocycles. The lowest BCUT2D eigenvalue weighted by atomic mass is 9.68. The summed E-state index contributed by atoms with van der Waals surface area (Å²) in [6, 6.07) is 105. The van der Waals surface area contributed by atoms with Gasteiger partial charge in [-0.25, -0.2) is 0 Å². The molecular formula is C73H47NOS. The Morgan fingerprint density at radius 2 is 0.816 bits per heavy atom. The summed E-state index contributed by atoms with van der Waals surface area (Å²) < 4.78 is 8.79. The molecule has 0 saturated heterocycles. The number of para-hydroxylation sites is 1. The second-order valence-corrected chi connectivity index (χ2v) is 21.0. The van der Waals surface area contributed by atoms with Crippen molar-refractivity contribution in [3.8, 4) is 55.6 Å². The van der Waals surface area contributed by atoms with Crippen molar-refractivity contribution in [2.24, 2.45) is 0 Å². The average Bonchev–Trinajstić information content (AvgIpc) is 4.17. The monoisotopic (exact) mass is 985 g/mol. The standard InChI is InChI=1S/C73H47NOS/c1-3-18-55(19-4-1)73(56-20-5-2-6-21-56)65-27-10-7-24-63(65)71-66(73)28-15-29-67(71)74(57-41-36-49(37-42-57)48-32-34-50(35-33-48)53-40-45-69-64(47-53)60-22-8-11-30-68(60)75-69)58-43-38-51(39-44-58)52-16-13-17-54(46-52)59-25-14-26-62-61-23-9-12-31-70(61)76-72(59)62/h1-47H. The van der Waals surface area contributed by atoms with E-state index in [1.54, 1.807) is 0 Å². The van der Waals surface area contributed by atoms with E-state index in [2.05, 4.69) is 278 Å². The zero-order valence-corrected chi connectivity index (χ0v) is 42.2. The molecule has 14 aromatic rings. The molecule has 356 valence electrons. The molecule has 0 aliphatic heterocycles. The molecule has 2 nitrogen and oxygen atoms in total. The van der Waals surface area contributed by atoms with Gasteiger partial charge in [0.1, 0.15) is 11.2 Å². The minimum absolute atomic E-state index is 0.529. The van der Waals surface area contributed by atoms with Crippen molar-refractivity contribution in [1.29, 1.82) is 0 Å². The molecule has 1 aliphatic carbocycles. The van der Waals surface area contributed by atoms with E-state index >= 15 is 0 Å². The molecule has 0 fully saturated rings. The fourth-order valence-electron chi connectivity index (χ4n) is 12.3. The van der Waals surface area contributed by atoms with E-state index in [4.69, 9.17) is 4.42 Å². The summed E-state index contributed by atoms with van der Waals surface area (Å²) >= 11 is 1.88. The Labute approximate surface area is 445 Å². The van der Waals surface area contributed by atoms with E-state index in [1.165, 1.54) is 86.9 Å². The van der Waals surface area contributed by atoms with Gasteiger partial charge < -0.3 is 9.32 Å². The molecule has 15 rings (SSSR count). The van der Waals surface area contributed by atoms with Gasteiger partial charge in [0.2, 0.25) is 0 Å². The highest BCUT2D eigenvalue weighted by Crippen LogP contribution is 2.59. The third kappa shape index (κ3) is 7.01. The number of nitrogens with zero attached hydrogens (tertiary/aromatic N) is 1. The molecule has 0 N–H and O–H groups in total. The number of anilines is 3. The van der Waals surface area contributed by atoms with Gasteiger partial charge >= 0.3 is 0 Å². The predicted molar refractivity (Wildman–Crippen MR) is 320 cm³/mol. The van der Waals surface area contributed by atoms with Gasteiger partial charge in [-0.3, -0.25) is 0 Å². The maximum Gasteiger partial charge on any atom is 0.135 e. The van der Waals surface area contributed by atoms with Gasteiger partial charge in [-0.1, -0.05) is 224 Å². The first kappa shape index (κ1) is 44.0. The number of rotatable bonds is 9. The third-order valence-electron chi connectivity index (χ3n) is 15.8. The second-order valence-electron chi connectivity index (χ2n) is 19.9. The van der Waals surface area contributed by atoms with Crippen LogP contribution in [0.3, 0.4) is 0 Å². The lowest BCUT2D eigenvalue weighted by Crippen LogP contribution is -2.28. The molecule has 76 heavy (non-hydrogen) atoms. The van der Waals surface area contributed by atoms with Gasteiger partial charge in [0.05, 0.1) is 11.1 Å². The Morgan fingerprint density at radius 1 is 0.316 bits per heavy atom. The molecule has 3 heteroatoms. The van der Waals surface area contributed by atoms with Gasteiger partial charge in [0, 0.05) is 47.9 Å². The van der Waals surface area contributed by atoms with Gasteiger partial charge in [-0.2, -0.15) is 0 Å². The first-order valence-electron chi connectivity index (χ1n) is 26.1. The van der Waals surface area contributed by atoms with Crippen LogP contribution in [0.4, 0.5) is 17.1 Å². The van der Waals surface area contributed by atoms with Crippen LogP contribution in [-0.2, 0) is 5.41 Å². The summed E-state index contributed by atoms with van der Waals surface area (Å²) in [6.45, 7) is 0. The normalized spacial score (nSPS) is 12.6. The summed E-state index contributed by atoms with van der Waals surface area (Å²) in [5.41, 5.74) is 21.6. The molecule has 1 aliphatic rings. The smallest absolute Gasteiger partial charge is 0.135 e. The highest BCUT2D eigenvalue weighted by Gasteiger charge is 2.47. The van der Waals surface area contributed by atoms with Crippen molar-refractivity contribution in [2.75, 3.05) is 4.90 Å². The average molecular weight is 986 g/mol. The van der Waals surface area contributed by atoms with Crippen molar-refractivity contribution in [3.63, 3.8) is 0 Å². The van der Waals surface area contributed by atoms with Crippen LogP contribution in [0, 0.1) is 0 Å². The van der Waals surface area contributed by atoms with E-state index in [-0.39, 0.29) is 0 Å². The first-order valence-corrected chi connectivity index (χ1v) is 26.9. The largest absolute Gasteiger partial charge is 0.456 e. The molecular weight excluding hydrogens is 939 g/mol. The maximum absolute atomic E-state index is 6.14. The molecule has 2 aromatic heterocycles. The van der Waals surface area contributed by atoms with Crippen LogP contribution in [0.5, 0.6) is 0 Å². The van der Waals surface area contributed by atoms with Crippen molar-refractivity contribution in [3.05, 3.63) is 307 Å². The van der Waals surface area contributed by atoms with E-state index in [9.17, 15) is 0 Å². The van der Waals surface area contributed by atoms with Crippen LogP contribution in [0.25, 0.3) is 97.7 Å². The van der Waals surface area contributed by atoms with Crippen molar-refractivity contribution >= 4 is 70.5 Å². The van der Waals surface area contributed by atoms with Crippen LogP contribution < -0.4 is 4.90 Å². The number of benzene rings is 12. The summed E-state index contributed by atoms with van der Waals surface area (Å²) in [5.74, 6) is 0. The van der Waals surface area contributed by atoms with Gasteiger partial charge in [0.15, 0.2) is 0 Å². The molecule has 0 saturated carbocycles. The summed E-state index contributed by atoms with van der Waals surface area (Å²) in [6.07, 6.45) is 0. The number of furan rings is 1. The minimum atomic E-state index is -0.529. The third-order valence-corrected chi connectivity index (χ3v) is 17.0. The number of thiophene rings is 1. The topological polar surface area (TPSA) is 16.4 Å². The van der Waals surface area contributed by atoms with E-state index < -0.39 is 5.41 Å². The summed E-state index contributed by atoms with van der Waals surface area (Å²) in [5, 5.41) is 4.90. The molecule has 0 radical (unpaired) electrons. The van der Waals surface area contributed by atoms with Crippen molar-refractivity contribution < 1.29 is 4.42 Å². The van der Waals surface area contributed by atoms with Crippen molar-refractivity contribution in [2.45, 2.75) is 5.41 Å². The lowest BCUT2D eigenvalue weighted by molar-refractivity contribution is 0.669. The SMILES string of the molecule is c1ccc(C2(c3ccccc3)c3ccccc3-c3c(N(c4ccc(-c5ccc(-c6ccc7oc8ccccc8c7c6)cc5)cc4)c4ccc(-c5cccc(-c6cccc7c6sc6ccccc67)c5)cc4)cccc32)cc1. The maximum atomic E-state index is 6.14. The Balaban J connectivity index is 0.845. The highest BCUT2D eigenvalue weighted by molar-refractivity contribution is 7.26. The lowest BCUT2D eigenvalue weighted by Gasteiger charge is -2.34. The molecule has 0 bridgehead atoms. The Hall–Kier alpha value is -9.54. The van der Waals surface area contributed by atoms with Crippen LogP contribution in [0.2, 0.25) is 0 Å². The molecule has 12 aromatic carbocycles. The van der Waals surface area contributed by atoms with Gasteiger partial charge in [-0.15, -0.1) is 11.3 Å². The summed E-state index contributed by atoms with van der Waals surface area (Å²) in [4.78, 5) is 2.46.